The van der Waals surface area contributed by atoms with Gasteiger partial charge in [-0.05, 0) is 30.7 Å². The molecule has 146 valence electrons. The zero-order chi connectivity index (χ0) is 20.4. The molecule has 0 aliphatic heterocycles. The highest BCUT2D eigenvalue weighted by Gasteiger charge is 2.22. The molecule has 0 heterocycles. The van der Waals surface area contributed by atoms with Gasteiger partial charge in [-0.15, -0.1) is 0 Å². The molecule has 0 saturated heterocycles. The van der Waals surface area contributed by atoms with Gasteiger partial charge in [-0.2, -0.15) is 0 Å². The van der Waals surface area contributed by atoms with Crippen molar-refractivity contribution in [2.24, 2.45) is 5.73 Å². The van der Waals surface area contributed by atoms with Gasteiger partial charge in [0.25, 0.3) is 0 Å². The van der Waals surface area contributed by atoms with E-state index in [4.69, 9.17) is 15.2 Å². The van der Waals surface area contributed by atoms with Crippen molar-refractivity contribution >= 4 is 24.2 Å². The topological polar surface area (TPSA) is 131 Å². The van der Waals surface area contributed by atoms with Gasteiger partial charge >= 0.3 is 24.2 Å². The van der Waals surface area contributed by atoms with Crippen LogP contribution in [-0.4, -0.2) is 30.3 Å². The Bertz CT molecular complexity index is 822. The predicted octanol–water partition coefficient (Wildman–Crippen LogP) is 2.58. The van der Waals surface area contributed by atoms with E-state index in [-0.39, 0.29) is 24.3 Å². The number of esters is 2. The Morgan fingerprint density at radius 3 is 1.71 bits per heavy atom. The monoisotopic (exact) mass is 387 g/mol. The molecule has 0 fully saturated rings. The molecular formula is C19H17NO8. The second-order valence-corrected chi connectivity index (χ2v) is 5.37. The maximum Gasteiger partial charge on any atom is 0.521 e. The van der Waals surface area contributed by atoms with E-state index < -0.39 is 30.3 Å². The van der Waals surface area contributed by atoms with E-state index >= 15 is 0 Å². The van der Waals surface area contributed by atoms with Crippen LogP contribution in [0.4, 0.5) is 9.59 Å². The Kier molecular flexibility index (Phi) is 7.67. The Morgan fingerprint density at radius 2 is 1.21 bits per heavy atom. The standard InChI is InChI=1S/C19H17NO8/c20-15(17(22)28-19(24)26-14-9-5-2-6-10-14)11-12-16(21)27-18(23)25-13-7-3-1-4-8-13/h1-10,15H,11-12,20H2/t15-/m0/s1. The molecule has 0 aliphatic carbocycles. The number of nitrogens with two attached hydrogens (primary N) is 1. The second kappa shape index (κ2) is 10.4. The quantitative estimate of drug-likeness (QED) is 0.451. The van der Waals surface area contributed by atoms with Crippen molar-refractivity contribution in [1.29, 1.82) is 0 Å². The molecule has 0 aromatic heterocycles. The first-order chi connectivity index (χ1) is 13.4. The van der Waals surface area contributed by atoms with Gasteiger partial charge in [0.05, 0.1) is 0 Å². The third-order valence-corrected chi connectivity index (χ3v) is 3.23. The predicted molar refractivity (Wildman–Crippen MR) is 94.3 cm³/mol. The van der Waals surface area contributed by atoms with Crippen LogP contribution in [0.1, 0.15) is 12.8 Å². The lowest BCUT2D eigenvalue weighted by atomic mass is 10.2. The van der Waals surface area contributed by atoms with Gasteiger partial charge in [-0.1, -0.05) is 36.4 Å². The second-order valence-electron chi connectivity index (χ2n) is 5.37. The molecule has 9 heteroatoms. The van der Waals surface area contributed by atoms with Gasteiger partial charge in [-0.3, -0.25) is 4.79 Å². The number of hydrogen-bond acceptors (Lipinski definition) is 9. The minimum atomic E-state index is -1.29. The molecule has 1 atom stereocenters. The van der Waals surface area contributed by atoms with Crippen LogP contribution in [0.15, 0.2) is 60.7 Å². The van der Waals surface area contributed by atoms with E-state index in [1.165, 1.54) is 24.3 Å². The molecule has 0 amide bonds. The van der Waals surface area contributed by atoms with E-state index in [9.17, 15) is 19.2 Å². The molecule has 28 heavy (non-hydrogen) atoms. The van der Waals surface area contributed by atoms with Crippen molar-refractivity contribution in [2.75, 3.05) is 0 Å². The largest absolute Gasteiger partial charge is 0.521 e. The van der Waals surface area contributed by atoms with Crippen LogP contribution in [0.25, 0.3) is 0 Å². The first-order valence-electron chi connectivity index (χ1n) is 8.15. The normalized spacial score (nSPS) is 11.0. The van der Waals surface area contributed by atoms with Crippen LogP contribution in [0.5, 0.6) is 11.5 Å². The van der Waals surface area contributed by atoms with E-state index in [0.717, 1.165) is 0 Å². The van der Waals surface area contributed by atoms with Crippen LogP contribution in [-0.2, 0) is 19.1 Å². The van der Waals surface area contributed by atoms with Crippen LogP contribution in [0.2, 0.25) is 0 Å². The Balaban J connectivity index is 1.69. The minimum absolute atomic E-state index is 0.189. The molecule has 2 aromatic carbocycles. The Hall–Kier alpha value is -3.72. The summed E-state index contributed by atoms with van der Waals surface area (Å²) in [6, 6.07) is 14.7. The molecule has 9 nitrogen and oxygen atoms in total. The number of carbonyl (C=O) groups is 4. The highest BCUT2D eigenvalue weighted by Crippen LogP contribution is 2.11. The molecule has 0 aliphatic rings. The van der Waals surface area contributed by atoms with E-state index in [2.05, 4.69) is 9.47 Å². The first kappa shape index (κ1) is 20.6. The van der Waals surface area contributed by atoms with Crippen molar-refractivity contribution in [3.8, 4) is 11.5 Å². The number of para-hydroxylation sites is 2. The van der Waals surface area contributed by atoms with Gasteiger partial charge in [0, 0.05) is 6.42 Å². The molecule has 2 rings (SSSR count). The van der Waals surface area contributed by atoms with Crippen molar-refractivity contribution in [1.82, 2.24) is 0 Å². The van der Waals surface area contributed by atoms with Crippen LogP contribution < -0.4 is 15.2 Å². The van der Waals surface area contributed by atoms with Crippen molar-refractivity contribution in [3.63, 3.8) is 0 Å². The van der Waals surface area contributed by atoms with Crippen molar-refractivity contribution in [2.45, 2.75) is 18.9 Å². The smallest absolute Gasteiger partial charge is 0.395 e. The number of hydrogen-bond donors (Lipinski definition) is 1. The van der Waals surface area contributed by atoms with Crippen molar-refractivity contribution in [3.05, 3.63) is 60.7 Å². The summed E-state index contributed by atoms with van der Waals surface area (Å²) in [5.41, 5.74) is 5.56. The molecule has 0 spiro atoms. The summed E-state index contributed by atoms with van der Waals surface area (Å²) in [7, 11) is 0. The molecule has 0 radical (unpaired) electrons. The molecular weight excluding hydrogens is 370 g/mol. The van der Waals surface area contributed by atoms with Gasteiger partial charge in [0.2, 0.25) is 0 Å². The van der Waals surface area contributed by atoms with E-state index in [1.807, 2.05) is 0 Å². The molecule has 0 unspecified atom stereocenters. The van der Waals surface area contributed by atoms with E-state index in [1.54, 1.807) is 36.4 Å². The highest BCUT2D eigenvalue weighted by molar-refractivity contribution is 5.87. The number of rotatable bonds is 6. The molecule has 2 aromatic rings. The van der Waals surface area contributed by atoms with Gasteiger partial charge in [-0.25, -0.2) is 14.4 Å². The SMILES string of the molecule is N[C@@H](CCC(=O)OC(=O)Oc1ccccc1)C(=O)OC(=O)Oc1ccccc1. The summed E-state index contributed by atoms with van der Waals surface area (Å²) < 4.78 is 18.4. The maximum atomic E-state index is 11.7. The fraction of sp³-hybridized carbons (Fsp3) is 0.158. The lowest BCUT2D eigenvalue weighted by Gasteiger charge is -2.10. The first-order valence-corrected chi connectivity index (χ1v) is 8.15. The number of ether oxygens (including phenoxy) is 4. The Labute approximate surface area is 159 Å². The van der Waals surface area contributed by atoms with Crippen LogP contribution >= 0.6 is 0 Å². The number of benzene rings is 2. The summed E-state index contributed by atoms with van der Waals surface area (Å²) in [6.07, 6.45) is -3.04. The molecule has 2 N–H and O–H groups in total. The summed E-state index contributed by atoms with van der Waals surface area (Å²) in [4.78, 5) is 46.3. The average molecular weight is 387 g/mol. The summed E-state index contributed by atoms with van der Waals surface area (Å²) in [5, 5.41) is 0. The zero-order valence-electron chi connectivity index (χ0n) is 14.6. The highest BCUT2D eigenvalue weighted by atomic mass is 16.7. The van der Waals surface area contributed by atoms with Gasteiger partial charge in [0.1, 0.15) is 17.5 Å². The lowest BCUT2D eigenvalue weighted by Crippen LogP contribution is -2.35. The fourth-order valence-corrected chi connectivity index (χ4v) is 1.90. The summed E-state index contributed by atoms with van der Waals surface area (Å²) >= 11 is 0. The van der Waals surface area contributed by atoms with E-state index in [0.29, 0.717) is 0 Å². The number of carbonyl (C=O) groups excluding carboxylic acids is 4. The van der Waals surface area contributed by atoms with Gasteiger partial charge in [0.15, 0.2) is 0 Å². The van der Waals surface area contributed by atoms with Crippen LogP contribution in [0, 0.1) is 0 Å². The third kappa shape index (κ3) is 7.26. The molecule has 0 saturated carbocycles. The lowest BCUT2D eigenvalue weighted by molar-refractivity contribution is -0.141. The summed E-state index contributed by atoms with van der Waals surface area (Å²) in [5.74, 6) is -1.64. The average Bonchev–Trinajstić information content (AvgIpc) is 2.67. The third-order valence-electron chi connectivity index (χ3n) is 3.23. The summed E-state index contributed by atoms with van der Waals surface area (Å²) in [6.45, 7) is 0. The minimum Gasteiger partial charge on any atom is -0.395 e. The zero-order valence-corrected chi connectivity index (χ0v) is 14.6. The van der Waals surface area contributed by atoms with Crippen LogP contribution in [0.3, 0.4) is 0 Å². The molecule has 0 bridgehead atoms. The van der Waals surface area contributed by atoms with Gasteiger partial charge < -0.3 is 24.7 Å². The fourth-order valence-electron chi connectivity index (χ4n) is 1.90. The van der Waals surface area contributed by atoms with Crippen molar-refractivity contribution < 1.29 is 38.1 Å². The maximum absolute atomic E-state index is 11.7. The Morgan fingerprint density at radius 1 is 0.750 bits per heavy atom.